The monoisotopic (exact) mass is 373 g/mol. The maximum Gasteiger partial charge on any atom is 0.255 e. The van der Waals surface area contributed by atoms with Gasteiger partial charge in [-0.3, -0.25) is 14.6 Å². The molecule has 3 rings (SSSR count). The van der Waals surface area contributed by atoms with Crippen LogP contribution in [0, 0.1) is 6.92 Å². The van der Waals surface area contributed by atoms with Gasteiger partial charge < -0.3 is 14.9 Å². The van der Waals surface area contributed by atoms with Gasteiger partial charge in [0.2, 0.25) is 0 Å². The van der Waals surface area contributed by atoms with Crippen molar-refractivity contribution in [2.75, 3.05) is 26.2 Å². The van der Waals surface area contributed by atoms with Gasteiger partial charge in [-0.05, 0) is 37.1 Å². The largest absolute Gasteiger partial charge is 0.506 e. The standard InChI is InChI=1S/C19H20ClN3O3/c1-13-16(4-2-5-17(13)20)19(26)23-7-3-6-22(8-9-23)18(25)14-10-15(24)12-21-11-14/h2,4-5,10-12,24H,3,6-9H2,1H3. The van der Waals surface area contributed by atoms with Crippen LogP contribution in [0.1, 0.15) is 32.7 Å². The molecule has 1 fully saturated rings. The Kier molecular flexibility index (Phi) is 5.42. The Bertz CT molecular complexity index is 841. The van der Waals surface area contributed by atoms with Gasteiger partial charge in [-0.1, -0.05) is 17.7 Å². The summed E-state index contributed by atoms with van der Waals surface area (Å²) in [7, 11) is 0. The summed E-state index contributed by atoms with van der Waals surface area (Å²) in [5, 5.41) is 10.1. The molecule has 0 atom stereocenters. The zero-order valence-electron chi connectivity index (χ0n) is 14.5. The first-order chi connectivity index (χ1) is 12.5. The molecule has 0 bridgehead atoms. The molecule has 2 amide bonds. The Hall–Kier alpha value is -2.60. The van der Waals surface area contributed by atoms with Crippen LogP contribution in [0.25, 0.3) is 0 Å². The Labute approximate surface area is 157 Å². The minimum Gasteiger partial charge on any atom is -0.506 e. The lowest BCUT2D eigenvalue weighted by molar-refractivity contribution is 0.0718. The van der Waals surface area contributed by atoms with E-state index in [0.29, 0.717) is 48.7 Å². The van der Waals surface area contributed by atoms with Gasteiger partial charge in [0.05, 0.1) is 11.8 Å². The Morgan fingerprint density at radius 2 is 1.77 bits per heavy atom. The van der Waals surface area contributed by atoms with Crippen molar-refractivity contribution >= 4 is 23.4 Å². The maximum atomic E-state index is 12.8. The number of hydrogen-bond acceptors (Lipinski definition) is 4. The molecular formula is C19H20ClN3O3. The van der Waals surface area contributed by atoms with Crippen LogP contribution in [0.5, 0.6) is 5.75 Å². The van der Waals surface area contributed by atoms with Crippen LogP contribution in [0.4, 0.5) is 0 Å². The molecule has 2 heterocycles. The highest BCUT2D eigenvalue weighted by Crippen LogP contribution is 2.21. The normalized spacial score (nSPS) is 14.8. The molecule has 2 aromatic rings. The van der Waals surface area contributed by atoms with E-state index in [-0.39, 0.29) is 17.6 Å². The van der Waals surface area contributed by atoms with Gasteiger partial charge in [-0.15, -0.1) is 0 Å². The van der Waals surface area contributed by atoms with E-state index in [1.165, 1.54) is 18.5 Å². The van der Waals surface area contributed by atoms with Crippen molar-refractivity contribution in [3.05, 3.63) is 58.4 Å². The predicted octanol–water partition coefficient (Wildman–Crippen LogP) is 2.74. The number of pyridine rings is 1. The summed E-state index contributed by atoms with van der Waals surface area (Å²) in [6, 6.07) is 6.71. The number of amides is 2. The van der Waals surface area contributed by atoms with Crippen LogP contribution < -0.4 is 0 Å². The highest BCUT2D eigenvalue weighted by Gasteiger charge is 2.24. The van der Waals surface area contributed by atoms with E-state index < -0.39 is 0 Å². The second-order valence-corrected chi connectivity index (χ2v) is 6.69. The summed E-state index contributed by atoms with van der Waals surface area (Å²) >= 11 is 6.12. The molecule has 0 spiro atoms. The third-order valence-electron chi connectivity index (χ3n) is 4.54. The fourth-order valence-corrected chi connectivity index (χ4v) is 3.24. The lowest BCUT2D eigenvalue weighted by atomic mass is 10.1. The van der Waals surface area contributed by atoms with Gasteiger partial charge in [0, 0.05) is 43.0 Å². The number of aromatic hydroxyl groups is 1. The lowest BCUT2D eigenvalue weighted by Crippen LogP contribution is -2.37. The summed E-state index contributed by atoms with van der Waals surface area (Å²) < 4.78 is 0. The minimum absolute atomic E-state index is 0.0427. The van der Waals surface area contributed by atoms with Crippen molar-refractivity contribution in [1.29, 1.82) is 0 Å². The number of carbonyl (C=O) groups excluding carboxylic acids is 2. The fourth-order valence-electron chi connectivity index (χ4n) is 3.06. The van der Waals surface area contributed by atoms with Crippen molar-refractivity contribution in [3.63, 3.8) is 0 Å². The first-order valence-electron chi connectivity index (χ1n) is 8.45. The van der Waals surface area contributed by atoms with Crippen LogP contribution in [0.2, 0.25) is 5.02 Å². The van der Waals surface area contributed by atoms with E-state index in [1.807, 2.05) is 6.92 Å². The van der Waals surface area contributed by atoms with Gasteiger partial charge in [-0.25, -0.2) is 0 Å². The van der Waals surface area contributed by atoms with E-state index in [2.05, 4.69) is 4.98 Å². The van der Waals surface area contributed by atoms with Gasteiger partial charge in [0.15, 0.2) is 0 Å². The number of nitrogens with zero attached hydrogens (tertiary/aromatic N) is 3. The van der Waals surface area contributed by atoms with E-state index >= 15 is 0 Å². The smallest absolute Gasteiger partial charge is 0.255 e. The minimum atomic E-state index is -0.193. The van der Waals surface area contributed by atoms with Gasteiger partial charge in [-0.2, -0.15) is 0 Å². The maximum absolute atomic E-state index is 12.8. The molecule has 1 saturated heterocycles. The summed E-state index contributed by atoms with van der Waals surface area (Å²) in [6.45, 7) is 3.83. The topological polar surface area (TPSA) is 73.7 Å². The lowest BCUT2D eigenvalue weighted by Gasteiger charge is -2.23. The molecule has 0 radical (unpaired) electrons. The number of benzene rings is 1. The summed E-state index contributed by atoms with van der Waals surface area (Å²) in [6.07, 6.45) is 3.40. The molecule has 1 aliphatic rings. The van der Waals surface area contributed by atoms with E-state index in [1.54, 1.807) is 28.0 Å². The Morgan fingerprint density at radius 3 is 2.46 bits per heavy atom. The van der Waals surface area contributed by atoms with Crippen LogP contribution in [0.3, 0.4) is 0 Å². The fraction of sp³-hybridized carbons (Fsp3) is 0.316. The number of hydrogen-bond donors (Lipinski definition) is 1. The molecule has 136 valence electrons. The van der Waals surface area contributed by atoms with Crippen molar-refractivity contribution in [2.24, 2.45) is 0 Å². The molecule has 6 nitrogen and oxygen atoms in total. The first-order valence-corrected chi connectivity index (χ1v) is 8.83. The molecule has 0 unspecified atom stereocenters. The third-order valence-corrected chi connectivity index (χ3v) is 4.95. The summed E-state index contributed by atoms with van der Waals surface area (Å²) in [4.78, 5) is 32.7. The molecule has 26 heavy (non-hydrogen) atoms. The summed E-state index contributed by atoms with van der Waals surface area (Å²) in [5.74, 6) is -0.307. The average molecular weight is 374 g/mol. The Morgan fingerprint density at radius 1 is 1.08 bits per heavy atom. The van der Waals surface area contributed by atoms with Crippen LogP contribution in [-0.4, -0.2) is 57.9 Å². The quantitative estimate of drug-likeness (QED) is 0.878. The molecule has 1 aliphatic heterocycles. The highest BCUT2D eigenvalue weighted by molar-refractivity contribution is 6.31. The first kappa shape index (κ1) is 18.2. The number of aromatic nitrogens is 1. The molecule has 1 aromatic heterocycles. The third kappa shape index (κ3) is 3.80. The molecule has 0 saturated carbocycles. The zero-order chi connectivity index (χ0) is 18.7. The van der Waals surface area contributed by atoms with Crippen LogP contribution in [0.15, 0.2) is 36.7 Å². The number of carbonyl (C=O) groups is 2. The van der Waals surface area contributed by atoms with Crippen molar-refractivity contribution in [1.82, 2.24) is 14.8 Å². The Balaban J connectivity index is 1.71. The van der Waals surface area contributed by atoms with Crippen LogP contribution in [-0.2, 0) is 0 Å². The van der Waals surface area contributed by atoms with Gasteiger partial charge in [0.25, 0.3) is 11.8 Å². The van der Waals surface area contributed by atoms with E-state index in [9.17, 15) is 14.7 Å². The molecule has 7 heteroatoms. The van der Waals surface area contributed by atoms with Crippen molar-refractivity contribution in [3.8, 4) is 5.75 Å². The number of halogens is 1. The molecule has 1 N–H and O–H groups in total. The van der Waals surface area contributed by atoms with Crippen molar-refractivity contribution < 1.29 is 14.7 Å². The average Bonchev–Trinajstić information content (AvgIpc) is 2.89. The second-order valence-electron chi connectivity index (χ2n) is 6.28. The van der Waals surface area contributed by atoms with E-state index in [0.717, 1.165) is 5.56 Å². The molecule has 1 aromatic carbocycles. The number of rotatable bonds is 2. The molecular weight excluding hydrogens is 354 g/mol. The SMILES string of the molecule is Cc1c(Cl)cccc1C(=O)N1CCCN(C(=O)c2cncc(O)c2)CC1. The predicted molar refractivity (Wildman–Crippen MR) is 98.5 cm³/mol. The summed E-state index contributed by atoms with van der Waals surface area (Å²) in [5.41, 5.74) is 1.70. The highest BCUT2D eigenvalue weighted by atomic mass is 35.5. The second kappa shape index (κ2) is 7.74. The zero-order valence-corrected chi connectivity index (χ0v) is 15.2. The van der Waals surface area contributed by atoms with Crippen molar-refractivity contribution in [2.45, 2.75) is 13.3 Å². The van der Waals surface area contributed by atoms with Gasteiger partial charge >= 0.3 is 0 Å². The van der Waals surface area contributed by atoms with Gasteiger partial charge in [0.1, 0.15) is 5.75 Å². The van der Waals surface area contributed by atoms with Crippen LogP contribution >= 0.6 is 11.6 Å². The molecule has 0 aliphatic carbocycles. The van der Waals surface area contributed by atoms with E-state index in [4.69, 9.17) is 11.6 Å².